The zero-order valence-corrected chi connectivity index (χ0v) is 34.4. The SMILES string of the molecule is C[C@H]1[C@H](C)CC[C@]2(C(=O)N(CC(=O)NCc3ccccc3)C(Cc3ccccc3)C(=O)O)CC[C@]3(C)C(=CC[C@@H]4[C@@]5(C)CC[C@H](O)C(C)(C)[C@@H]5CC[C@]43C)[C@H]12. The van der Waals surface area contributed by atoms with Gasteiger partial charge in [0.25, 0.3) is 0 Å². The van der Waals surface area contributed by atoms with Gasteiger partial charge in [0.05, 0.1) is 11.5 Å². The molecule has 0 spiro atoms. The van der Waals surface area contributed by atoms with E-state index in [4.69, 9.17) is 0 Å². The van der Waals surface area contributed by atoms with Crippen LogP contribution in [-0.4, -0.2) is 51.6 Å². The van der Waals surface area contributed by atoms with Gasteiger partial charge < -0.3 is 20.4 Å². The van der Waals surface area contributed by atoms with Crippen molar-refractivity contribution in [2.24, 2.45) is 56.7 Å². The van der Waals surface area contributed by atoms with Crippen LogP contribution in [0, 0.1) is 56.7 Å². The Morgan fingerprint density at radius 2 is 1.47 bits per heavy atom. The molecule has 2 aromatic carbocycles. The van der Waals surface area contributed by atoms with Crippen LogP contribution in [-0.2, 0) is 27.3 Å². The summed E-state index contributed by atoms with van der Waals surface area (Å²) >= 11 is 0. The molecule has 0 saturated heterocycles. The highest BCUT2D eigenvalue weighted by molar-refractivity contribution is 5.92. The van der Waals surface area contributed by atoms with Gasteiger partial charge in [-0.2, -0.15) is 0 Å². The zero-order chi connectivity index (χ0) is 39.6. The lowest BCUT2D eigenvalue weighted by atomic mass is 9.33. The summed E-state index contributed by atoms with van der Waals surface area (Å²) in [6.07, 6.45) is 10.6. The Hall–Kier alpha value is -3.45. The highest BCUT2D eigenvalue weighted by atomic mass is 16.4. The minimum atomic E-state index is -1.18. The number of rotatable bonds is 9. The Bertz CT molecular complexity index is 1790. The third-order valence-corrected chi connectivity index (χ3v) is 17.2. The lowest BCUT2D eigenvalue weighted by Gasteiger charge is -2.71. The van der Waals surface area contributed by atoms with E-state index in [9.17, 15) is 19.8 Å². The van der Waals surface area contributed by atoms with Crippen molar-refractivity contribution in [1.29, 1.82) is 0 Å². The van der Waals surface area contributed by atoms with Crippen LogP contribution in [0.25, 0.3) is 0 Å². The normalized spacial score (nSPS) is 38.1. The van der Waals surface area contributed by atoms with Crippen LogP contribution in [0.5, 0.6) is 0 Å². The molecule has 3 N–H and O–H groups in total. The highest BCUT2D eigenvalue weighted by Crippen LogP contribution is 2.76. The molecule has 7 heteroatoms. The Kier molecular flexibility index (Phi) is 10.5. The average molecular weight is 751 g/mol. The molecular weight excluding hydrogens is 685 g/mol. The maximum Gasteiger partial charge on any atom is 0.326 e. The van der Waals surface area contributed by atoms with Crippen molar-refractivity contribution in [3.05, 3.63) is 83.4 Å². The molecule has 0 aliphatic heterocycles. The number of aliphatic hydroxyl groups is 1. The third-order valence-electron chi connectivity index (χ3n) is 17.2. The first-order valence-corrected chi connectivity index (χ1v) is 21.3. The monoisotopic (exact) mass is 750 g/mol. The fourth-order valence-electron chi connectivity index (χ4n) is 13.6. The van der Waals surface area contributed by atoms with Gasteiger partial charge in [0.2, 0.25) is 11.8 Å². The van der Waals surface area contributed by atoms with Gasteiger partial charge in [0, 0.05) is 13.0 Å². The van der Waals surface area contributed by atoms with E-state index in [1.54, 1.807) is 0 Å². The summed E-state index contributed by atoms with van der Waals surface area (Å²) in [7, 11) is 0. The van der Waals surface area contributed by atoms with Crippen LogP contribution in [0.1, 0.15) is 117 Å². The average Bonchev–Trinajstić information content (AvgIpc) is 3.16. The second kappa shape index (κ2) is 14.5. The summed E-state index contributed by atoms with van der Waals surface area (Å²) in [6, 6.07) is 18.0. The number of hydrogen-bond acceptors (Lipinski definition) is 4. The van der Waals surface area contributed by atoms with Gasteiger partial charge in [0.1, 0.15) is 12.6 Å². The van der Waals surface area contributed by atoms with Crippen molar-refractivity contribution < 1.29 is 24.6 Å². The number of amides is 2. The molecule has 7 nitrogen and oxygen atoms in total. The summed E-state index contributed by atoms with van der Waals surface area (Å²) in [5.41, 5.74) is 2.31. The van der Waals surface area contributed by atoms with E-state index in [1.165, 1.54) is 10.5 Å². The van der Waals surface area contributed by atoms with Crippen molar-refractivity contribution in [3.63, 3.8) is 0 Å². The summed E-state index contributed by atoms with van der Waals surface area (Å²) in [5, 5.41) is 25.1. The van der Waals surface area contributed by atoms with Crippen LogP contribution in [0.15, 0.2) is 72.3 Å². The molecule has 0 bridgehead atoms. The molecule has 2 amide bonds. The molecule has 298 valence electrons. The number of fused-ring (bicyclic) bond motifs is 7. The van der Waals surface area contributed by atoms with Crippen molar-refractivity contribution in [3.8, 4) is 0 Å². The van der Waals surface area contributed by atoms with Gasteiger partial charge in [0.15, 0.2) is 0 Å². The molecule has 0 aromatic heterocycles. The van der Waals surface area contributed by atoms with Crippen molar-refractivity contribution in [2.45, 2.75) is 131 Å². The number of aliphatic hydroxyl groups excluding tert-OH is 1. The lowest BCUT2D eigenvalue weighted by Crippen LogP contribution is -2.66. The molecule has 55 heavy (non-hydrogen) atoms. The minimum absolute atomic E-state index is 0.0310. The number of carboxylic acids is 1. The van der Waals surface area contributed by atoms with E-state index in [0.717, 1.165) is 56.1 Å². The molecule has 5 aliphatic rings. The van der Waals surface area contributed by atoms with E-state index in [0.29, 0.717) is 37.1 Å². The van der Waals surface area contributed by atoms with Crippen LogP contribution >= 0.6 is 0 Å². The highest BCUT2D eigenvalue weighted by Gasteiger charge is 2.70. The van der Waals surface area contributed by atoms with Gasteiger partial charge in [-0.15, -0.1) is 0 Å². The molecule has 2 aromatic rings. The second-order valence-corrected chi connectivity index (χ2v) is 19.9. The smallest absolute Gasteiger partial charge is 0.326 e. The maximum absolute atomic E-state index is 15.8. The van der Waals surface area contributed by atoms with E-state index < -0.39 is 17.4 Å². The van der Waals surface area contributed by atoms with Gasteiger partial charge >= 0.3 is 5.97 Å². The first kappa shape index (κ1) is 39.8. The van der Waals surface area contributed by atoms with E-state index in [2.05, 4.69) is 59.9 Å². The number of benzene rings is 2. The number of aliphatic carboxylic acids is 1. The Balaban J connectivity index is 1.27. The van der Waals surface area contributed by atoms with E-state index in [1.807, 2.05) is 60.7 Å². The molecule has 0 heterocycles. The predicted octanol–water partition coefficient (Wildman–Crippen LogP) is 8.85. The standard InChI is InChI=1S/C48H66N2O5/c1-31-20-25-48(43(55)50(30-40(52)49-29-34-16-12-9-13-17-34)36(42(53)54)28-33-14-10-8-11-15-33)27-26-46(6)35(41(48)32(31)2)18-19-38-45(5)23-22-39(51)44(3,4)37(45)21-24-47(38,46)7/h8-18,31-32,36-39,41,51H,19-30H2,1-7H3,(H,49,52)(H,53,54)/t31-,32+,36?,37+,38-,39+,41+,45+,46-,47-,48+/m1/s1. The van der Waals surface area contributed by atoms with Gasteiger partial charge in [-0.25, -0.2) is 4.79 Å². The van der Waals surface area contributed by atoms with Crippen molar-refractivity contribution in [1.82, 2.24) is 10.2 Å². The van der Waals surface area contributed by atoms with Crippen LogP contribution in [0.2, 0.25) is 0 Å². The molecule has 0 radical (unpaired) electrons. The van der Waals surface area contributed by atoms with Gasteiger partial charge in [-0.05, 0) is 120 Å². The molecule has 7 rings (SSSR count). The quantitative estimate of drug-likeness (QED) is 0.222. The fraction of sp³-hybridized carbons (Fsp3) is 0.646. The van der Waals surface area contributed by atoms with Crippen LogP contribution in [0.3, 0.4) is 0 Å². The summed E-state index contributed by atoms with van der Waals surface area (Å²) < 4.78 is 0. The van der Waals surface area contributed by atoms with Crippen LogP contribution < -0.4 is 5.32 Å². The number of carboxylic acid groups (broad SMARTS) is 1. The summed E-state index contributed by atoms with van der Waals surface area (Å²) in [5.74, 6) is -0.0544. The number of carbonyl (C=O) groups is 3. The number of hydrogen-bond donors (Lipinski definition) is 3. The maximum atomic E-state index is 15.8. The molecule has 5 aliphatic carbocycles. The van der Waals surface area contributed by atoms with Crippen LogP contribution in [0.4, 0.5) is 0 Å². The Labute approximate surface area is 329 Å². The number of nitrogens with zero attached hydrogens (tertiary/aromatic N) is 1. The van der Waals surface area contributed by atoms with Crippen molar-refractivity contribution >= 4 is 17.8 Å². The first-order valence-electron chi connectivity index (χ1n) is 21.3. The van der Waals surface area contributed by atoms with Gasteiger partial charge in [-0.1, -0.05) is 121 Å². The predicted molar refractivity (Wildman–Crippen MR) is 217 cm³/mol. The zero-order valence-electron chi connectivity index (χ0n) is 34.4. The number of allylic oxidation sites excluding steroid dienone is 2. The Morgan fingerprint density at radius 1 is 0.818 bits per heavy atom. The first-order chi connectivity index (χ1) is 26.0. The van der Waals surface area contributed by atoms with E-state index >= 15 is 4.79 Å². The molecule has 1 unspecified atom stereocenters. The molecule has 4 fully saturated rings. The minimum Gasteiger partial charge on any atom is -0.480 e. The fourth-order valence-corrected chi connectivity index (χ4v) is 13.6. The van der Waals surface area contributed by atoms with Crippen molar-refractivity contribution in [2.75, 3.05) is 6.54 Å². The molecule has 11 atom stereocenters. The second-order valence-electron chi connectivity index (χ2n) is 19.9. The third kappa shape index (κ3) is 6.39. The topological polar surface area (TPSA) is 107 Å². The summed E-state index contributed by atoms with van der Waals surface area (Å²) in [4.78, 5) is 44.4. The lowest BCUT2D eigenvalue weighted by molar-refractivity contribution is -0.206. The van der Waals surface area contributed by atoms with Gasteiger partial charge in [-0.3, -0.25) is 9.59 Å². The summed E-state index contributed by atoms with van der Waals surface area (Å²) in [6.45, 7) is 16.8. The molecular formula is C48H66N2O5. The number of nitrogens with one attached hydrogen (secondary N) is 1. The largest absolute Gasteiger partial charge is 0.480 e. The van der Waals surface area contributed by atoms with E-state index in [-0.39, 0.29) is 64.4 Å². The molecule has 4 saturated carbocycles. The Morgan fingerprint density at radius 3 is 2.13 bits per heavy atom. The number of carbonyl (C=O) groups excluding carboxylic acids is 2.